The largest absolute Gasteiger partial charge is 0.507 e. The Labute approximate surface area is 221 Å². The number of aliphatic hydroxyl groups excluding tert-OH is 1. The van der Waals surface area contributed by atoms with Crippen LogP contribution in [0.4, 0.5) is 11.4 Å². The monoisotopic (exact) mass is 522 g/mol. The fourth-order valence-corrected chi connectivity index (χ4v) is 5.03. The number of nitrogens with zero attached hydrogens (tertiary/aromatic N) is 2. The number of aryl methyl sites for hydroxylation is 2. The Kier molecular flexibility index (Phi) is 7.43. The molecule has 4 rings (SSSR count). The van der Waals surface area contributed by atoms with E-state index in [1.54, 1.807) is 12.1 Å². The van der Waals surface area contributed by atoms with Gasteiger partial charge in [0.2, 0.25) is 0 Å². The quantitative estimate of drug-likeness (QED) is 0.213. The number of carbonyl (C=O) groups is 2. The second-order valence-electron chi connectivity index (χ2n) is 8.85. The van der Waals surface area contributed by atoms with Gasteiger partial charge in [-0.1, -0.05) is 53.0 Å². The van der Waals surface area contributed by atoms with Gasteiger partial charge in [0.25, 0.3) is 11.7 Å². The summed E-state index contributed by atoms with van der Waals surface area (Å²) in [6.45, 7) is 9.76. The summed E-state index contributed by atoms with van der Waals surface area (Å²) in [6.07, 6.45) is 0. The van der Waals surface area contributed by atoms with E-state index in [4.69, 9.17) is 23.2 Å². The highest BCUT2D eigenvalue weighted by Gasteiger charge is 2.47. The van der Waals surface area contributed by atoms with Crippen LogP contribution in [0.2, 0.25) is 10.0 Å². The first kappa shape index (κ1) is 25.8. The summed E-state index contributed by atoms with van der Waals surface area (Å²) in [4.78, 5) is 30.5. The van der Waals surface area contributed by atoms with Crippen LogP contribution in [-0.2, 0) is 9.59 Å². The molecule has 3 aromatic carbocycles. The van der Waals surface area contributed by atoms with E-state index in [1.807, 2.05) is 56.3 Å². The van der Waals surface area contributed by atoms with Gasteiger partial charge in [-0.2, -0.15) is 0 Å². The summed E-state index contributed by atoms with van der Waals surface area (Å²) in [6, 6.07) is 17.3. The van der Waals surface area contributed by atoms with Crippen molar-refractivity contribution < 1.29 is 14.7 Å². The molecule has 186 valence electrons. The van der Waals surface area contributed by atoms with Crippen LogP contribution in [0.15, 0.2) is 66.2 Å². The van der Waals surface area contributed by atoms with E-state index in [1.165, 1.54) is 11.0 Å². The first-order chi connectivity index (χ1) is 17.2. The molecule has 1 aliphatic heterocycles. The third kappa shape index (κ3) is 4.61. The molecule has 1 N–H and O–H groups in total. The highest BCUT2D eigenvalue weighted by atomic mass is 35.5. The number of rotatable bonds is 6. The fraction of sp³-hybridized carbons (Fsp3) is 0.241. The number of hydrogen-bond donors (Lipinski definition) is 1. The highest BCUT2D eigenvalue weighted by molar-refractivity contribution is 6.52. The van der Waals surface area contributed by atoms with Crippen molar-refractivity contribution in [2.75, 3.05) is 22.9 Å². The van der Waals surface area contributed by atoms with Crippen LogP contribution in [-0.4, -0.2) is 29.9 Å². The van der Waals surface area contributed by atoms with Crippen molar-refractivity contribution in [1.82, 2.24) is 0 Å². The molecule has 3 aromatic rings. The van der Waals surface area contributed by atoms with Gasteiger partial charge in [-0.25, -0.2) is 0 Å². The Balaban J connectivity index is 1.93. The van der Waals surface area contributed by atoms with Gasteiger partial charge in [-0.05, 0) is 75.2 Å². The van der Waals surface area contributed by atoms with Gasteiger partial charge in [0, 0.05) is 30.0 Å². The maximum absolute atomic E-state index is 13.4. The Morgan fingerprint density at radius 1 is 0.917 bits per heavy atom. The van der Waals surface area contributed by atoms with E-state index >= 15 is 0 Å². The van der Waals surface area contributed by atoms with Crippen molar-refractivity contribution in [3.05, 3.63) is 98.5 Å². The molecule has 0 radical (unpaired) electrons. The zero-order valence-electron chi connectivity index (χ0n) is 20.7. The predicted molar refractivity (Wildman–Crippen MR) is 147 cm³/mol. The highest BCUT2D eigenvalue weighted by Crippen LogP contribution is 2.44. The number of anilines is 2. The zero-order chi connectivity index (χ0) is 26.1. The molecule has 0 aromatic heterocycles. The standard InChI is InChI=1S/C29H28Cl2N2O3/c1-5-32(6-2)21-11-8-19(9-12-21)26-25(27(34)20-10-13-22(30)23(31)16-20)28(35)29(36)33(26)24-14-7-17(3)15-18(24)4/h7-16,26,34H,5-6H2,1-4H3/b27-25+. The zero-order valence-corrected chi connectivity index (χ0v) is 22.2. The summed E-state index contributed by atoms with van der Waals surface area (Å²) in [5.41, 5.74) is 4.60. The van der Waals surface area contributed by atoms with E-state index in [2.05, 4.69) is 18.7 Å². The van der Waals surface area contributed by atoms with Crippen LogP contribution in [0.5, 0.6) is 0 Å². The molecule has 1 heterocycles. The third-order valence-corrected chi connectivity index (χ3v) is 7.33. The number of amides is 1. The summed E-state index contributed by atoms with van der Waals surface area (Å²) in [5.74, 6) is -1.74. The SMILES string of the molecule is CCN(CC)c1ccc(C2/C(=C(\O)c3ccc(Cl)c(Cl)c3)C(=O)C(=O)N2c2ccc(C)cc2C)cc1. The minimum atomic E-state index is -0.813. The van der Waals surface area contributed by atoms with E-state index in [0.29, 0.717) is 21.8 Å². The van der Waals surface area contributed by atoms with Gasteiger partial charge in [0.15, 0.2) is 0 Å². The van der Waals surface area contributed by atoms with Gasteiger partial charge < -0.3 is 10.0 Å². The minimum Gasteiger partial charge on any atom is -0.507 e. The lowest BCUT2D eigenvalue weighted by Crippen LogP contribution is -2.30. The van der Waals surface area contributed by atoms with Gasteiger partial charge >= 0.3 is 0 Å². The van der Waals surface area contributed by atoms with Crippen LogP contribution in [0.25, 0.3) is 5.76 Å². The molecule has 1 saturated heterocycles. The molecular weight excluding hydrogens is 495 g/mol. The second kappa shape index (κ2) is 10.4. The number of ketones is 1. The van der Waals surface area contributed by atoms with Crippen molar-refractivity contribution in [3.8, 4) is 0 Å². The Hall–Kier alpha value is -3.28. The topological polar surface area (TPSA) is 60.9 Å². The van der Waals surface area contributed by atoms with Crippen LogP contribution < -0.4 is 9.80 Å². The predicted octanol–water partition coefficient (Wildman–Crippen LogP) is 7.08. The van der Waals surface area contributed by atoms with Crippen molar-refractivity contribution in [2.45, 2.75) is 33.7 Å². The van der Waals surface area contributed by atoms with Gasteiger partial charge in [0.1, 0.15) is 5.76 Å². The van der Waals surface area contributed by atoms with E-state index in [-0.39, 0.29) is 16.4 Å². The Bertz CT molecular complexity index is 1360. The maximum Gasteiger partial charge on any atom is 0.300 e. The molecule has 7 heteroatoms. The normalized spacial score (nSPS) is 17.1. The third-order valence-electron chi connectivity index (χ3n) is 6.59. The average molecular weight is 523 g/mol. The van der Waals surface area contributed by atoms with Gasteiger partial charge in [-0.3, -0.25) is 14.5 Å². The molecule has 1 amide bonds. The summed E-state index contributed by atoms with van der Waals surface area (Å²) in [5, 5.41) is 11.9. The van der Waals surface area contributed by atoms with E-state index < -0.39 is 17.7 Å². The molecule has 1 atom stereocenters. The lowest BCUT2D eigenvalue weighted by atomic mass is 9.94. The first-order valence-electron chi connectivity index (χ1n) is 11.9. The van der Waals surface area contributed by atoms with Crippen LogP contribution in [0.3, 0.4) is 0 Å². The Morgan fingerprint density at radius 3 is 2.17 bits per heavy atom. The van der Waals surface area contributed by atoms with E-state index in [0.717, 1.165) is 29.9 Å². The smallest absolute Gasteiger partial charge is 0.300 e. The molecule has 1 aliphatic rings. The van der Waals surface area contributed by atoms with Crippen molar-refractivity contribution >= 4 is 52.0 Å². The fourth-order valence-electron chi connectivity index (χ4n) is 4.73. The molecule has 1 unspecified atom stereocenters. The molecule has 0 bridgehead atoms. The maximum atomic E-state index is 13.4. The number of benzene rings is 3. The average Bonchev–Trinajstić information content (AvgIpc) is 3.12. The van der Waals surface area contributed by atoms with Crippen molar-refractivity contribution in [1.29, 1.82) is 0 Å². The molecular formula is C29H28Cl2N2O3. The molecule has 0 aliphatic carbocycles. The summed E-state index contributed by atoms with van der Waals surface area (Å²) >= 11 is 12.2. The number of carbonyl (C=O) groups excluding carboxylic acids is 2. The van der Waals surface area contributed by atoms with Gasteiger partial charge in [0.05, 0.1) is 21.7 Å². The number of Topliss-reactive ketones (excluding diaryl/α,β-unsaturated/α-hetero) is 1. The number of halogens is 2. The second-order valence-corrected chi connectivity index (χ2v) is 9.67. The minimum absolute atomic E-state index is 0.00829. The molecule has 0 saturated carbocycles. The van der Waals surface area contributed by atoms with Crippen LogP contribution in [0, 0.1) is 13.8 Å². The van der Waals surface area contributed by atoms with Crippen molar-refractivity contribution in [3.63, 3.8) is 0 Å². The molecule has 36 heavy (non-hydrogen) atoms. The molecule has 0 spiro atoms. The lowest BCUT2D eigenvalue weighted by molar-refractivity contribution is -0.132. The number of hydrogen-bond acceptors (Lipinski definition) is 4. The Morgan fingerprint density at radius 2 is 1.58 bits per heavy atom. The van der Waals surface area contributed by atoms with Crippen LogP contribution >= 0.6 is 23.2 Å². The molecule has 5 nitrogen and oxygen atoms in total. The first-order valence-corrected chi connectivity index (χ1v) is 12.6. The number of aliphatic hydroxyl groups is 1. The van der Waals surface area contributed by atoms with Crippen LogP contribution in [0.1, 0.15) is 42.1 Å². The summed E-state index contributed by atoms with van der Waals surface area (Å²) < 4.78 is 0. The van der Waals surface area contributed by atoms with Gasteiger partial charge in [-0.15, -0.1) is 0 Å². The molecule has 1 fully saturated rings. The lowest BCUT2D eigenvalue weighted by Gasteiger charge is -2.28. The van der Waals surface area contributed by atoms with E-state index in [9.17, 15) is 14.7 Å². The van der Waals surface area contributed by atoms with Crippen molar-refractivity contribution in [2.24, 2.45) is 0 Å². The summed E-state index contributed by atoms with van der Waals surface area (Å²) in [7, 11) is 0.